The van der Waals surface area contributed by atoms with Crippen molar-refractivity contribution < 1.29 is 4.84 Å². The summed E-state index contributed by atoms with van der Waals surface area (Å²) in [5, 5.41) is 3.80. The Morgan fingerprint density at radius 3 is 2.92 bits per heavy atom. The van der Waals surface area contributed by atoms with Crippen LogP contribution >= 0.6 is 0 Å². The van der Waals surface area contributed by atoms with Crippen LogP contribution in [0.15, 0.2) is 29.6 Å². The van der Waals surface area contributed by atoms with E-state index in [1.54, 1.807) is 6.20 Å². The van der Waals surface area contributed by atoms with Crippen LogP contribution in [-0.4, -0.2) is 10.7 Å². The van der Waals surface area contributed by atoms with Gasteiger partial charge in [0.2, 0.25) is 0 Å². The topological polar surface area (TPSA) is 34.5 Å². The van der Waals surface area contributed by atoms with Gasteiger partial charge < -0.3 is 4.84 Å². The Hall–Kier alpha value is -1.38. The number of rotatable bonds is 3. The molecule has 1 aromatic heterocycles. The van der Waals surface area contributed by atoms with Gasteiger partial charge >= 0.3 is 0 Å². The SMILES string of the molecule is CC(C)=NOCc1ccccn1. The molecule has 0 saturated heterocycles. The average Bonchev–Trinajstić information content (AvgIpc) is 2.05. The third-order valence-corrected chi connectivity index (χ3v) is 1.19. The molecule has 0 fully saturated rings. The van der Waals surface area contributed by atoms with E-state index in [4.69, 9.17) is 4.84 Å². The van der Waals surface area contributed by atoms with Gasteiger partial charge in [0.05, 0.1) is 11.4 Å². The standard InChI is InChI=1S/C9H12N2O/c1-8(2)11-12-7-9-5-3-4-6-10-9/h3-6H,7H2,1-2H3. The van der Waals surface area contributed by atoms with Gasteiger partial charge in [-0.2, -0.15) is 0 Å². The Bertz CT molecular complexity index is 252. The summed E-state index contributed by atoms with van der Waals surface area (Å²) in [5.41, 5.74) is 1.80. The number of pyridine rings is 1. The molecule has 12 heavy (non-hydrogen) atoms. The lowest BCUT2D eigenvalue weighted by Gasteiger charge is -1.97. The van der Waals surface area contributed by atoms with Crippen molar-refractivity contribution in [2.75, 3.05) is 0 Å². The number of aromatic nitrogens is 1. The van der Waals surface area contributed by atoms with Crippen molar-refractivity contribution in [3.63, 3.8) is 0 Å². The van der Waals surface area contributed by atoms with Crippen molar-refractivity contribution in [2.24, 2.45) is 5.16 Å². The molecule has 0 unspecified atom stereocenters. The Labute approximate surface area is 72.1 Å². The van der Waals surface area contributed by atoms with Crippen LogP contribution in [-0.2, 0) is 11.4 Å². The largest absolute Gasteiger partial charge is 0.389 e. The minimum Gasteiger partial charge on any atom is -0.389 e. The summed E-state index contributed by atoms with van der Waals surface area (Å²) in [4.78, 5) is 9.09. The lowest BCUT2D eigenvalue weighted by Crippen LogP contribution is -1.91. The van der Waals surface area contributed by atoms with E-state index in [9.17, 15) is 0 Å². The van der Waals surface area contributed by atoms with Gasteiger partial charge in [0.25, 0.3) is 0 Å². The number of nitrogens with zero attached hydrogens (tertiary/aromatic N) is 2. The van der Waals surface area contributed by atoms with Gasteiger partial charge in [-0.3, -0.25) is 4.98 Å². The van der Waals surface area contributed by atoms with Crippen molar-refractivity contribution >= 4 is 5.71 Å². The Balaban J connectivity index is 2.39. The summed E-state index contributed by atoms with van der Waals surface area (Å²) in [5.74, 6) is 0. The molecule has 1 rings (SSSR count). The maximum Gasteiger partial charge on any atom is 0.159 e. The molecule has 0 saturated carbocycles. The molecule has 0 N–H and O–H groups in total. The van der Waals surface area contributed by atoms with Gasteiger partial charge in [0, 0.05) is 6.20 Å². The van der Waals surface area contributed by atoms with Gasteiger partial charge in [-0.1, -0.05) is 11.2 Å². The number of hydrogen-bond donors (Lipinski definition) is 0. The number of oxime groups is 1. The van der Waals surface area contributed by atoms with Crippen LogP contribution in [0, 0.1) is 0 Å². The van der Waals surface area contributed by atoms with Crippen LogP contribution in [0.2, 0.25) is 0 Å². The highest BCUT2D eigenvalue weighted by Gasteiger charge is 1.90. The normalized spacial score (nSPS) is 9.17. The highest BCUT2D eigenvalue weighted by atomic mass is 16.6. The zero-order chi connectivity index (χ0) is 8.81. The van der Waals surface area contributed by atoms with E-state index in [1.165, 1.54) is 0 Å². The van der Waals surface area contributed by atoms with Crippen molar-refractivity contribution in [1.29, 1.82) is 0 Å². The minimum absolute atomic E-state index is 0.437. The first-order valence-electron chi connectivity index (χ1n) is 3.82. The molecule has 0 amide bonds. The fourth-order valence-electron chi connectivity index (χ4n) is 0.711. The Kier molecular flexibility index (Phi) is 3.26. The van der Waals surface area contributed by atoms with Gasteiger partial charge in [-0.25, -0.2) is 0 Å². The second kappa shape index (κ2) is 4.49. The third kappa shape index (κ3) is 3.14. The first-order valence-corrected chi connectivity index (χ1v) is 3.82. The maximum atomic E-state index is 5.01. The summed E-state index contributed by atoms with van der Waals surface area (Å²) in [7, 11) is 0. The Morgan fingerprint density at radius 1 is 1.50 bits per heavy atom. The van der Waals surface area contributed by atoms with Gasteiger partial charge in [-0.05, 0) is 26.0 Å². The van der Waals surface area contributed by atoms with Gasteiger partial charge in [0.15, 0.2) is 6.61 Å². The van der Waals surface area contributed by atoms with Crippen LogP contribution in [0.25, 0.3) is 0 Å². The molecule has 0 atom stereocenters. The quantitative estimate of drug-likeness (QED) is 0.505. The fourth-order valence-corrected chi connectivity index (χ4v) is 0.711. The van der Waals surface area contributed by atoms with E-state index < -0.39 is 0 Å². The summed E-state index contributed by atoms with van der Waals surface area (Å²) < 4.78 is 0. The van der Waals surface area contributed by atoms with E-state index in [-0.39, 0.29) is 0 Å². The second-order valence-corrected chi connectivity index (χ2v) is 2.63. The molecule has 3 nitrogen and oxygen atoms in total. The summed E-state index contributed by atoms with van der Waals surface area (Å²) in [6.07, 6.45) is 1.74. The molecule has 0 aliphatic carbocycles. The molecule has 0 aliphatic heterocycles. The van der Waals surface area contributed by atoms with Crippen LogP contribution in [0.1, 0.15) is 19.5 Å². The van der Waals surface area contributed by atoms with E-state index in [1.807, 2.05) is 32.0 Å². The molecule has 64 valence electrons. The van der Waals surface area contributed by atoms with E-state index in [0.717, 1.165) is 11.4 Å². The highest BCUT2D eigenvalue weighted by Crippen LogP contribution is 1.95. The van der Waals surface area contributed by atoms with Gasteiger partial charge in [0.1, 0.15) is 0 Å². The summed E-state index contributed by atoms with van der Waals surface area (Å²) >= 11 is 0. The van der Waals surface area contributed by atoms with Crippen LogP contribution < -0.4 is 0 Å². The van der Waals surface area contributed by atoms with Gasteiger partial charge in [-0.15, -0.1) is 0 Å². The molecular weight excluding hydrogens is 152 g/mol. The summed E-state index contributed by atoms with van der Waals surface area (Å²) in [6.45, 7) is 4.21. The van der Waals surface area contributed by atoms with E-state index >= 15 is 0 Å². The number of hydrogen-bond acceptors (Lipinski definition) is 3. The van der Waals surface area contributed by atoms with Crippen LogP contribution in [0.5, 0.6) is 0 Å². The molecule has 1 aromatic rings. The van der Waals surface area contributed by atoms with Crippen LogP contribution in [0.3, 0.4) is 0 Å². The maximum absolute atomic E-state index is 5.01. The molecule has 0 aromatic carbocycles. The zero-order valence-corrected chi connectivity index (χ0v) is 7.32. The third-order valence-electron chi connectivity index (χ3n) is 1.19. The predicted molar refractivity (Wildman–Crippen MR) is 47.8 cm³/mol. The molecule has 0 radical (unpaired) electrons. The Morgan fingerprint density at radius 2 is 2.33 bits per heavy atom. The molecule has 0 aliphatic rings. The van der Waals surface area contributed by atoms with E-state index in [0.29, 0.717) is 6.61 Å². The van der Waals surface area contributed by atoms with Crippen LogP contribution in [0.4, 0.5) is 0 Å². The van der Waals surface area contributed by atoms with Crippen molar-refractivity contribution in [3.05, 3.63) is 30.1 Å². The molecule has 0 spiro atoms. The van der Waals surface area contributed by atoms with Crippen molar-refractivity contribution in [3.8, 4) is 0 Å². The smallest absolute Gasteiger partial charge is 0.159 e. The molecule has 1 heterocycles. The zero-order valence-electron chi connectivity index (χ0n) is 7.32. The van der Waals surface area contributed by atoms with Crippen molar-refractivity contribution in [2.45, 2.75) is 20.5 Å². The predicted octanol–water partition coefficient (Wildman–Crippen LogP) is 1.99. The highest BCUT2D eigenvalue weighted by molar-refractivity contribution is 5.78. The molecular formula is C9H12N2O. The lowest BCUT2D eigenvalue weighted by atomic mass is 10.4. The fraction of sp³-hybridized carbons (Fsp3) is 0.333. The van der Waals surface area contributed by atoms with E-state index in [2.05, 4.69) is 10.1 Å². The lowest BCUT2D eigenvalue weighted by molar-refractivity contribution is 0.127. The summed E-state index contributed by atoms with van der Waals surface area (Å²) in [6, 6.07) is 5.70. The first kappa shape index (κ1) is 8.71. The minimum atomic E-state index is 0.437. The first-order chi connectivity index (χ1) is 5.79. The second-order valence-electron chi connectivity index (χ2n) is 2.63. The molecule has 0 bridgehead atoms. The average molecular weight is 164 g/mol. The molecule has 3 heteroatoms. The van der Waals surface area contributed by atoms with Crippen molar-refractivity contribution in [1.82, 2.24) is 4.98 Å². The monoisotopic (exact) mass is 164 g/mol.